The van der Waals surface area contributed by atoms with Crippen LogP contribution in [0.2, 0.25) is 0 Å². The molecule has 0 radical (unpaired) electrons. The monoisotopic (exact) mass is 431 g/mol. The molecule has 0 fully saturated rings. The van der Waals surface area contributed by atoms with Gasteiger partial charge < -0.3 is 18.9 Å². The van der Waals surface area contributed by atoms with Crippen molar-refractivity contribution in [2.75, 3.05) is 7.11 Å². The summed E-state index contributed by atoms with van der Waals surface area (Å²) in [6.07, 6.45) is -1.13. The number of halogens is 1. The molecule has 2 amide bonds. The van der Waals surface area contributed by atoms with Gasteiger partial charge in [-0.05, 0) is 60.5 Å². The average Bonchev–Trinajstić information content (AvgIpc) is 2.56. The van der Waals surface area contributed by atoms with Gasteiger partial charge in [0.15, 0.2) is 0 Å². The molecule has 30 heavy (non-hydrogen) atoms. The number of allylic oxidation sites excluding steroid dienone is 1. The lowest BCUT2D eigenvalue weighted by Crippen LogP contribution is -2.52. The summed E-state index contributed by atoms with van der Waals surface area (Å²) in [4.78, 5) is 49.4. The minimum absolute atomic E-state index is 0.208. The number of hydrogen-bond acceptors (Lipinski definition) is 8. The molecule has 0 aromatic heterocycles. The minimum Gasteiger partial charge on any atom is -0.467 e. The summed E-state index contributed by atoms with van der Waals surface area (Å²) < 4.78 is 33.1. The molecule has 1 atom stereocenters. The predicted octanol–water partition coefficient (Wildman–Crippen LogP) is 4.02. The van der Waals surface area contributed by atoms with Gasteiger partial charge in [0.1, 0.15) is 17.2 Å². The lowest BCUT2D eigenvalue weighted by Gasteiger charge is -2.32. The van der Waals surface area contributed by atoms with E-state index in [2.05, 4.69) is 16.1 Å². The lowest BCUT2D eigenvalue weighted by atomic mass is 10.1. The fraction of sp³-hybridized carbons (Fsp3) is 0.600. The average molecular weight is 431 g/mol. The van der Waals surface area contributed by atoms with Crippen LogP contribution in [0.25, 0.3) is 0 Å². The number of methoxy groups -OCH3 is 1. The third-order valence-corrected chi connectivity index (χ3v) is 3.11. The van der Waals surface area contributed by atoms with Crippen molar-refractivity contribution in [3.63, 3.8) is 0 Å². The van der Waals surface area contributed by atoms with E-state index in [9.17, 15) is 23.6 Å². The maximum atomic E-state index is 13.7. The number of rotatable bonds is 7. The number of carbonyl (C=O) groups excluding carboxylic acids is 4. The van der Waals surface area contributed by atoms with Crippen LogP contribution in [0.4, 0.5) is 14.0 Å². The van der Waals surface area contributed by atoms with E-state index in [1.165, 1.54) is 0 Å². The molecule has 9 nitrogen and oxygen atoms in total. The summed E-state index contributed by atoms with van der Waals surface area (Å²) >= 11 is 0. The molecule has 0 aliphatic heterocycles. The van der Waals surface area contributed by atoms with Crippen molar-refractivity contribution in [2.24, 2.45) is 0 Å². The number of nitrogens with zero attached hydrogens (tertiary/aromatic N) is 1. The first kappa shape index (κ1) is 27.1. The zero-order chi connectivity index (χ0) is 23.7. The predicted molar refractivity (Wildman–Crippen MR) is 105 cm³/mol. The second-order valence-electron chi connectivity index (χ2n) is 8.07. The highest BCUT2D eigenvalue weighted by atomic mass is 19.1. The van der Waals surface area contributed by atoms with Crippen LogP contribution in [0, 0.1) is 0 Å². The van der Waals surface area contributed by atoms with Crippen LogP contribution in [-0.2, 0) is 28.5 Å². The molecule has 10 heteroatoms. The molecule has 170 valence electrons. The standard InChI is InChI=1S/C20H30FNO8/c1-9-28-15(23)13(21)11-10-12-14(16(24)27-8)22(17(25)29-19(2,3)4)18(26)30-20(5,6)7/h9,11,14H,1,10,12H2,2-8H3/t14-/m0/s1. The molecule has 0 spiro atoms. The number of hydrogen-bond donors (Lipinski definition) is 0. The summed E-state index contributed by atoms with van der Waals surface area (Å²) in [7, 11) is 1.07. The van der Waals surface area contributed by atoms with Crippen molar-refractivity contribution in [2.45, 2.75) is 71.6 Å². The third-order valence-electron chi connectivity index (χ3n) is 3.11. The molecule has 0 bridgehead atoms. The first-order valence-corrected chi connectivity index (χ1v) is 9.13. The number of imide groups is 1. The van der Waals surface area contributed by atoms with Gasteiger partial charge in [-0.25, -0.2) is 19.2 Å². The van der Waals surface area contributed by atoms with E-state index in [0.29, 0.717) is 4.90 Å². The Morgan fingerprint density at radius 2 is 1.47 bits per heavy atom. The molecule has 0 unspecified atom stereocenters. The van der Waals surface area contributed by atoms with Gasteiger partial charge in [0, 0.05) is 0 Å². The maximum Gasteiger partial charge on any atom is 0.420 e. The minimum atomic E-state index is -1.49. The van der Waals surface area contributed by atoms with Crippen molar-refractivity contribution in [1.82, 2.24) is 4.90 Å². The summed E-state index contributed by atoms with van der Waals surface area (Å²) in [6, 6.07) is -1.49. The first-order valence-electron chi connectivity index (χ1n) is 9.13. The van der Waals surface area contributed by atoms with Gasteiger partial charge in [-0.2, -0.15) is 9.29 Å². The zero-order valence-corrected chi connectivity index (χ0v) is 18.4. The quantitative estimate of drug-likeness (QED) is 0.257. The van der Waals surface area contributed by atoms with Gasteiger partial charge in [0.2, 0.25) is 5.83 Å². The Labute approximate surface area is 175 Å². The van der Waals surface area contributed by atoms with Crippen molar-refractivity contribution >= 4 is 24.1 Å². The second kappa shape index (κ2) is 11.3. The van der Waals surface area contributed by atoms with E-state index in [0.717, 1.165) is 19.4 Å². The molecule has 0 saturated heterocycles. The fourth-order valence-electron chi connectivity index (χ4n) is 2.02. The second-order valence-corrected chi connectivity index (χ2v) is 8.07. The Balaban J connectivity index is 5.83. The Morgan fingerprint density at radius 3 is 1.83 bits per heavy atom. The number of carbonyl (C=O) groups is 4. The van der Waals surface area contributed by atoms with E-state index in [4.69, 9.17) is 9.47 Å². The van der Waals surface area contributed by atoms with Gasteiger partial charge in [-0.1, -0.05) is 6.58 Å². The van der Waals surface area contributed by atoms with Crippen LogP contribution in [0.1, 0.15) is 54.4 Å². The van der Waals surface area contributed by atoms with Gasteiger partial charge in [-0.15, -0.1) is 0 Å². The third kappa shape index (κ3) is 10.0. The van der Waals surface area contributed by atoms with Crippen LogP contribution in [0.5, 0.6) is 0 Å². The van der Waals surface area contributed by atoms with E-state index < -0.39 is 47.2 Å². The van der Waals surface area contributed by atoms with E-state index in [1.807, 2.05) is 0 Å². The van der Waals surface area contributed by atoms with Crippen LogP contribution in [0.15, 0.2) is 24.7 Å². The Kier molecular flexibility index (Phi) is 10.2. The SMILES string of the molecule is C=COC(=O)C(F)=CCC[C@@H](C(=O)OC)N(C(=O)OC(C)(C)C)C(=O)OC(C)(C)C. The van der Waals surface area contributed by atoms with Crippen molar-refractivity contribution in [1.29, 1.82) is 0 Å². The summed E-state index contributed by atoms with van der Waals surface area (Å²) in [5, 5.41) is 0. The maximum absolute atomic E-state index is 13.7. The highest BCUT2D eigenvalue weighted by molar-refractivity contribution is 5.94. The van der Waals surface area contributed by atoms with Gasteiger partial charge >= 0.3 is 24.1 Å². The highest BCUT2D eigenvalue weighted by Gasteiger charge is 2.40. The van der Waals surface area contributed by atoms with Crippen molar-refractivity contribution in [3.8, 4) is 0 Å². The largest absolute Gasteiger partial charge is 0.467 e. The zero-order valence-electron chi connectivity index (χ0n) is 18.4. The number of esters is 2. The van der Waals surface area contributed by atoms with Crippen LogP contribution < -0.4 is 0 Å². The molecular weight excluding hydrogens is 401 g/mol. The van der Waals surface area contributed by atoms with Crippen LogP contribution in [0.3, 0.4) is 0 Å². The summed E-state index contributed by atoms with van der Waals surface area (Å²) in [5.74, 6) is -3.44. The van der Waals surface area contributed by atoms with Gasteiger partial charge in [-0.3, -0.25) is 0 Å². The van der Waals surface area contributed by atoms with E-state index in [1.54, 1.807) is 41.5 Å². The Bertz CT molecular complexity index is 660. The normalized spacial score (nSPS) is 13.0. The van der Waals surface area contributed by atoms with E-state index in [-0.39, 0.29) is 12.8 Å². The van der Waals surface area contributed by atoms with Gasteiger partial charge in [0.25, 0.3) is 0 Å². The van der Waals surface area contributed by atoms with Gasteiger partial charge in [0.05, 0.1) is 13.4 Å². The molecular formula is C20H30FNO8. The Hall–Kier alpha value is -2.91. The molecule has 0 N–H and O–H groups in total. The molecule has 0 aromatic carbocycles. The topological polar surface area (TPSA) is 108 Å². The van der Waals surface area contributed by atoms with E-state index >= 15 is 0 Å². The van der Waals surface area contributed by atoms with Crippen LogP contribution in [-0.4, -0.2) is 53.4 Å². The lowest BCUT2D eigenvalue weighted by molar-refractivity contribution is -0.146. The molecule has 0 saturated carbocycles. The molecule has 0 rings (SSSR count). The molecule has 0 aliphatic rings. The Morgan fingerprint density at radius 1 is 1.00 bits per heavy atom. The smallest absolute Gasteiger partial charge is 0.420 e. The number of ether oxygens (including phenoxy) is 4. The summed E-state index contributed by atoms with van der Waals surface area (Å²) in [5.41, 5.74) is -1.95. The first-order chi connectivity index (χ1) is 13.6. The molecule has 0 heterocycles. The molecule has 0 aromatic rings. The summed E-state index contributed by atoms with van der Waals surface area (Å²) in [6.45, 7) is 12.6. The van der Waals surface area contributed by atoms with Crippen LogP contribution >= 0.6 is 0 Å². The molecule has 0 aliphatic carbocycles. The highest BCUT2D eigenvalue weighted by Crippen LogP contribution is 2.20. The van der Waals surface area contributed by atoms with Crippen molar-refractivity contribution in [3.05, 3.63) is 24.7 Å². The fourth-order valence-corrected chi connectivity index (χ4v) is 2.02. The van der Waals surface area contributed by atoms with Crippen molar-refractivity contribution < 1.29 is 42.5 Å². The number of amides is 2.